The average Bonchev–Trinajstić information content (AvgIpc) is 3.46. The van der Waals surface area contributed by atoms with E-state index in [1.54, 1.807) is 25.3 Å². The maximum absolute atomic E-state index is 13.1. The van der Waals surface area contributed by atoms with Gasteiger partial charge in [-0.3, -0.25) is 9.59 Å². The number of carbonyl (C=O) groups excluding carboxylic acids is 2. The second-order valence-corrected chi connectivity index (χ2v) is 8.24. The van der Waals surface area contributed by atoms with Crippen LogP contribution in [0.3, 0.4) is 0 Å². The maximum atomic E-state index is 13.1. The zero-order valence-corrected chi connectivity index (χ0v) is 18.5. The number of ether oxygens (including phenoxy) is 1. The lowest BCUT2D eigenvalue weighted by Crippen LogP contribution is -2.20. The third-order valence-electron chi connectivity index (χ3n) is 5.04. The molecule has 2 aromatic heterocycles. The second-order valence-electron chi connectivity index (χ2n) is 7.01. The van der Waals surface area contributed by atoms with E-state index < -0.39 is 11.8 Å². The molecule has 0 radical (unpaired) electrons. The van der Waals surface area contributed by atoms with Gasteiger partial charge in [0, 0.05) is 16.0 Å². The third kappa shape index (κ3) is 4.17. The molecule has 2 amide bonds. The Morgan fingerprint density at radius 1 is 1.15 bits per heavy atom. The zero-order chi connectivity index (χ0) is 23.5. The normalized spacial score (nSPS) is 10.5. The highest BCUT2D eigenvalue weighted by molar-refractivity contribution is 7.17. The fraction of sp³-hybridized carbons (Fsp3) is 0.0870. The highest BCUT2D eigenvalue weighted by atomic mass is 32.1. The van der Waals surface area contributed by atoms with Crippen LogP contribution in [-0.2, 0) is 0 Å². The molecule has 4 N–H and O–H groups in total. The molecule has 0 fully saturated rings. The van der Waals surface area contributed by atoms with Gasteiger partial charge in [0.15, 0.2) is 0 Å². The number of anilines is 1. The number of thiophene rings is 1. The van der Waals surface area contributed by atoms with Crippen molar-refractivity contribution in [3.63, 3.8) is 0 Å². The molecule has 2 heterocycles. The Kier molecular flexibility index (Phi) is 5.89. The Morgan fingerprint density at radius 3 is 2.48 bits per heavy atom. The third-order valence-corrected chi connectivity index (χ3v) is 6.06. The molecule has 0 bridgehead atoms. The van der Waals surface area contributed by atoms with Crippen LogP contribution in [-0.4, -0.2) is 34.3 Å². The smallest absolute Gasteiger partial charge is 0.257 e. The van der Waals surface area contributed by atoms with Crippen LogP contribution < -0.4 is 15.8 Å². The van der Waals surface area contributed by atoms with Crippen LogP contribution in [0.5, 0.6) is 5.75 Å². The van der Waals surface area contributed by atoms with E-state index in [1.807, 2.05) is 19.1 Å². The number of carbonyl (C=O) groups is 2. The summed E-state index contributed by atoms with van der Waals surface area (Å²) in [7, 11) is 1.58. The minimum Gasteiger partial charge on any atom is -0.497 e. The molecule has 0 aliphatic rings. The summed E-state index contributed by atoms with van der Waals surface area (Å²) in [6.07, 6.45) is 1.49. The van der Waals surface area contributed by atoms with Crippen LogP contribution in [0.25, 0.3) is 22.4 Å². The molecule has 9 nitrogen and oxygen atoms in total. The maximum Gasteiger partial charge on any atom is 0.257 e. The molecule has 0 aliphatic carbocycles. The van der Waals surface area contributed by atoms with E-state index in [2.05, 4.69) is 26.8 Å². The number of nitrogens with two attached hydrogens (primary N) is 1. The van der Waals surface area contributed by atoms with E-state index in [1.165, 1.54) is 29.7 Å². The van der Waals surface area contributed by atoms with Crippen molar-refractivity contribution >= 4 is 28.2 Å². The minimum atomic E-state index is -0.757. The van der Waals surface area contributed by atoms with Gasteiger partial charge in [0.1, 0.15) is 22.5 Å². The summed E-state index contributed by atoms with van der Waals surface area (Å²) < 4.78 is 5.19. The molecule has 0 saturated carbocycles. The van der Waals surface area contributed by atoms with Crippen LogP contribution >= 0.6 is 11.3 Å². The lowest BCUT2D eigenvalue weighted by molar-refractivity contribution is 0.0977. The molecule has 33 heavy (non-hydrogen) atoms. The number of hydrogen-bond donors (Lipinski definition) is 3. The second kappa shape index (κ2) is 8.94. The summed E-state index contributed by atoms with van der Waals surface area (Å²) in [6, 6.07) is 14.1. The Labute approximate surface area is 192 Å². The SMILES string of the molecule is COc1ccc(-c2c(C)sc(NC(=O)c3ccc(-c4cn[nH]n4)cc3C(N)=O)c2C#N)cc1. The number of H-pyrrole nitrogens is 1. The van der Waals surface area contributed by atoms with Crippen molar-refractivity contribution in [1.82, 2.24) is 15.4 Å². The Morgan fingerprint density at radius 2 is 1.88 bits per heavy atom. The van der Waals surface area contributed by atoms with Gasteiger partial charge in [-0.15, -0.1) is 11.3 Å². The van der Waals surface area contributed by atoms with Crippen molar-refractivity contribution in [1.29, 1.82) is 5.26 Å². The first-order chi connectivity index (χ1) is 15.9. The predicted octanol–water partition coefficient (Wildman–Crippen LogP) is 3.74. The Hall–Kier alpha value is -4.49. The number of nitrogens with one attached hydrogen (secondary N) is 2. The van der Waals surface area contributed by atoms with Gasteiger partial charge in [-0.25, -0.2) is 0 Å². The molecule has 0 saturated heterocycles. The van der Waals surface area contributed by atoms with Gasteiger partial charge in [0.25, 0.3) is 5.91 Å². The molecule has 164 valence electrons. The molecule has 0 unspecified atom stereocenters. The topological polar surface area (TPSA) is 147 Å². The zero-order valence-electron chi connectivity index (χ0n) is 17.7. The number of amides is 2. The van der Waals surface area contributed by atoms with Crippen LogP contribution in [0.4, 0.5) is 5.00 Å². The number of nitriles is 1. The van der Waals surface area contributed by atoms with Crippen LogP contribution in [0.2, 0.25) is 0 Å². The van der Waals surface area contributed by atoms with E-state index >= 15 is 0 Å². The fourth-order valence-electron chi connectivity index (χ4n) is 3.46. The molecule has 0 aliphatic heterocycles. The average molecular weight is 459 g/mol. The van der Waals surface area contributed by atoms with Crippen molar-refractivity contribution in [2.45, 2.75) is 6.92 Å². The number of aryl methyl sites for hydroxylation is 1. The number of methoxy groups -OCH3 is 1. The minimum absolute atomic E-state index is 0.0372. The van der Waals surface area contributed by atoms with Gasteiger partial charge >= 0.3 is 0 Å². The van der Waals surface area contributed by atoms with Crippen molar-refractivity contribution in [3.05, 3.63) is 70.2 Å². The van der Waals surface area contributed by atoms with Gasteiger partial charge in [-0.05, 0) is 36.8 Å². The van der Waals surface area contributed by atoms with Crippen molar-refractivity contribution in [2.24, 2.45) is 5.73 Å². The molecule has 4 rings (SSSR count). The highest BCUT2D eigenvalue weighted by Gasteiger charge is 2.22. The lowest BCUT2D eigenvalue weighted by atomic mass is 10.0. The first-order valence-electron chi connectivity index (χ1n) is 9.72. The van der Waals surface area contributed by atoms with Crippen LogP contribution in [0.15, 0.2) is 48.7 Å². The number of benzene rings is 2. The van der Waals surface area contributed by atoms with E-state index in [0.29, 0.717) is 27.6 Å². The Bertz CT molecular complexity index is 1390. The molecule has 2 aromatic carbocycles. The van der Waals surface area contributed by atoms with E-state index in [4.69, 9.17) is 10.5 Å². The Balaban J connectivity index is 1.69. The summed E-state index contributed by atoms with van der Waals surface area (Å²) >= 11 is 1.28. The van der Waals surface area contributed by atoms with Gasteiger partial charge < -0.3 is 15.8 Å². The summed E-state index contributed by atoms with van der Waals surface area (Å²) in [4.78, 5) is 26.0. The molecule has 4 aromatic rings. The number of aromatic nitrogens is 3. The first-order valence-corrected chi connectivity index (χ1v) is 10.5. The van der Waals surface area contributed by atoms with Crippen molar-refractivity contribution < 1.29 is 14.3 Å². The number of rotatable bonds is 6. The number of primary amides is 1. The van der Waals surface area contributed by atoms with Gasteiger partial charge in [0.2, 0.25) is 5.91 Å². The van der Waals surface area contributed by atoms with Gasteiger partial charge in [-0.2, -0.15) is 20.7 Å². The molecule has 10 heteroatoms. The molecule has 0 spiro atoms. The summed E-state index contributed by atoms with van der Waals surface area (Å²) in [5.74, 6) is -0.603. The lowest BCUT2D eigenvalue weighted by Gasteiger charge is -2.09. The fourth-order valence-corrected chi connectivity index (χ4v) is 4.48. The van der Waals surface area contributed by atoms with E-state index in [-0.39, 0.29) is 11.1 Å². The van der Waals surface area contributed by atoms with Crippen LogP contribution in [0, 0.1) is 18.3 Å². The number of aromatic amines is 1. The van der Waals surface area contributed by atoms with Gasteiger partial charge in [0.05, 0.1) is 30.0 Å². The number of nitrogens with zero attached hydrogens (tertiary/aromatic N) is 3. The summed E-state index contributed by atoms with van der Waals surface area (Å²) in [5, 5.41) is 23.2. The molecular formula is C23H18N6O3S. The molecular weight excluding hydrogens is 440 g/mol. The standard InChI is InChI=1S/C23H18N6O3S/c1-12-20(13-3-6-15(32-2)7-4-13)18(10-24)23(33-12)27-22(31)16-8-5-14(9-17(16)21(25)30)19-11-26-29-28-19/h3-9,11H,1-2H3,(H2,25,30)(H,27,31)(H,26,28,29). The largest absolute Gasteiger partial charge is 0.497 e. The predicted molar refractivity (Wildman–Crippen MR) is 124 cm³/mol. The summed E-state index contributed by atoms with van der Waals surface area (Å²) in [6.45, 7) is 1.88. The van der Waals surface area contributed by atoms with Gasteiger partial charge in [-0.1, -0.05) is 18.2 Å². The monoisotopic (exact) mass is 458 g/mol. The van der Waals surface area contributed by atoms with Crippen molar-refractivity contribution in [2.75, 3.05) is 12.4 Å². The summed E-state index contributed by atoms with van der Waals surface area (Å²) in [5.41, 5.74) is 8.66. The number of hydrogen-bond acceptors (Lipinski definition) is 7. The first kappa shape index (κ1) is 21.7. The van der Waals surface area contributed by atoms with Crippen molar-refractivity contribution in [3.8, 4) is 34.2 Å². The molecule has 0 atom stereocenters. The quantitative estimate of drug-likeness (QED) is 0.401. The van der Waals surface area contributed by atoms with E-state index in [0.717, 1.165) is 16.0 Å². The highest BCUT2D eigenvalue weighted by Crippen LogP contribution is 2.40. The van der Waals surface area contributed by atoms with Crippen LogP contribution in [0.1, 0.15) is 31.2 Å². The van der Waals surface area contributed by atoms with E-state index in [9.17, 15) is 14.9 Å².